The van der Waals surface area contributed by atoms with Crippen LogP contribution in [0.3, 0.4) is 0 Å². The summed E-state index contributed by atoms with van der Waals surface area (Å²) in [7, 11) is 5.34. The van der Waals surface area contributed by atoms with Gasteiger partial charge in [0.1, 0.15) is 0 Å². The van der Waals surface area contributed by atoms with Crippen molar-refractivity contribution < 1.29 is 14.3 Å². The number of hydrogen-bond donors (Lipinski definition) is 1. The van der Waals surface area contributed by atoms with E-state index in [4.69, 9.17) is 9.47 Å². The number of carbonyl (C=O) groups is 1. The number of benzene rings is 3. The summed E-state index contributed by atoms with van der Waals surface area (Å²) in [5.74, 6) is 1.37. The van der Waals surface area contributed by atoms with Gasteiger partial charge in [-0.2, -0.15) is 0 Å². The van der Waals surface area contributed by atoms with Gasteiger partial charge >= 0.3 is 0 Å². The highest BCUT2D eigenvalue weighted by atomic mass is 16.5. The number of hydrogen-bond acceptors (Lipinski definition) is 4. The molecule has 0 saturated heterocycles. The van der Waals surface area contributed by atoms with Gasteiger partial charge in [-0.3, -0.25) is 9.69 Å². The Morgan fingerprint density at radius 1 is 0.862 bits per heavy atom. The maximum Gasteiger partial charge on any atom is 0.255 e. The first-order chi connectivity index (χ1) is 14.1. The second-order valence-corrected chi connectivity index (χ2v) is 6.84. The molecule has 1 N–H and O–H groups in total. The van der Waals surface area contributed by atoms with E-state index in [2.05, 4.69) is 17.3 Å². The van der Waals surface area contributed by atoms with Crippen molar-refractivity contribution in [2.75, 3.05) is 26.6 Å². The van der Waals surface area contributed by atoms with E-state index in [0.29, 0.717) is 5.56 Å². The van der Waals surface area contributed by atoms with Crippen molar-refractivity contribution in [3.05, 3.63) is 89.5 Å². The number of amides is 1. The third-order valence-corrected chi connectivity index (χ3v) is 4.63. The molecule has 0 atom stereocenters. The molecule has 5 nitrogen and oxygen atoms in total. The van der Waals surface area contributed by atoms with E-state index < -0.39 is 0 Å². The van der Waals surface area contributed by atoms with Gasteiger partial charge in [0.15, 0.2) is 11.5 Å². The Labute approximate surface area is 171 Å². The van der Waals surface area contributed by atoms with E-state index in [1.807, 2.05) is 72.8 Å². The molecule has 0 unspecified atom stereocenters. The molecule has 150 valence electrons. The lowest BCUT2D eigenvalue weighted by Crippen LogP contribution is -2.18. The molecular formula is C24H26N2O3. The molecule has 3 aromatic carbocycles. The molecule has 29 heavy (non-hydrogen) atoms. The van der Waals surface area contributed by atoms with Crippen molar-refractivity contribution in [2.24, 2.45) is 0 Å². The summed E-state index contributed by atoms with van der Waals surface area (Å²) in [5.41, 5.74) is 3.61. The van der Waals surface area contributed by atoms with E-state index in [-0.39, 0.29) is 5.91 Å². The van der Waals surface area contributed by atoms with E-state index in [1.165, 1.54) is 0 Å². The number of para-hydroxylation sites is 2. The fourth-order valence-electron chi connectivity index (χ4n) is 3.22. The van der Waals surface area contributed by atoms with E-state index >= 15 is 0 Å². The highest BCUT2D eigenvalue weighted by molar-refractivity contribution is 6.04. The molecule has 0 aromatic heterocycles. The summed E-state index contributed by atoms with van der Waals surface area (Å²) in [6.07, 6.45) is 0. The number of nitrogens with zero attached hydrogens (tertiary/aromatic N) is 1. The Bertz CT molecular complexity index is 940. The second-order valence-electron chi connectivity index (χ2n) is 6.84. The molecule has 5 heteroatoms. The van der Waals surface area contributed by atoms with Gasteiger partial charge in [-0.1, -0.05) is 42.5 Å². The van der Waals surface area contributed by atoms with E-state index in [1.54, 1.807) is 14.2 Å². The zero-order chi connectivity index (χ0) is 20.6. The molecule has 0 aliphatic carbocycles. The Kier molecular flexibility index (Phi) is 6.87. The maximum absolute atomic E-state index is 12.4. The monoisotopic (exact) mass is 390 g/mol. The number of rotatable bonds is 8. The molecule has 3 rings (SSSR count). The van der Waals surface area contributed by atoms with Crippen LogP contribution in [-0.4, -0.2) is 32.1 Å². The number of anilines is 1. The number of nitrogens with one attached hydrogen (secondary N) is 1. The molecule has 0 heterocycles. The van der Waals surface area contributed by atoms with Crippen LogP contribution in [0.2, 0.25) is 0 Å². The Hall–Kier alpha value is -3.31. The fraction of sp³-hybridized carbons (Fsp3) is 0.208. The molecule has 0 aliphatic heterocycles. The van der Waals surface area contributed by atoms with Crippen molar-refractivity contribution >= 4 is 11.6 Å². The van der Waals surface area contributed by atoms with Crippen LogP contribution in [0.5, 0.6) is 11.5 Å². The first-order valence-electron chi connectivity index (χ1n) is 9.44. The van der Waals surface area contributed by atoms with Crippen LogP contribution in [0, 0.1) is 0 Å². The summed E-state index contributed by atoms with van der Waals surface area (Å²) in [4.78, 5) is 14.6. The van der Waals surface area contributed by atoms with Gasteiger partial charge in [0.2, 0.25) is 0 Å². The van der Waals surface area contributed by atoms with Crippen LogP contribution in [0.1, 0.15) is 21.5 Å². The molecule has 0 fully saturated rings. The standard InChI is InChI=1S/C24H26N2O3/c1-26(17-20-8-7-11-22(28-2)23(20)29-3)16-18-12-14-19(15-13-18)24(27)25-21-9-5-4-6-10-21/h4-15H,16-17H2,1-3H3,(H,25,27). The zero-order valence-electron chi connectivity index (χ0n) is 17.0. The topological polar surface area (TPSA) is 50.8 Å². The number of methoxy groups -OCH3 is 2. The normalized spacial score (nSPS) is 10.6. The highest BCUT2D eigenvalue weighted by Crippen LogP contribution is 2.31. The van der Waals surface area contributed by atoms with Crippen molar-refractivity contribution in [3.8, 4) is 11.5 Å². The lowest BCUT2D eigenvalue weighted by atomic mass is 10.1. The molecule has 3 aromatic rings. The van der Waals surface area contributed by atoms with Crippen LogP contribution in [-0.2, 0) is 13.1 Å². The smallest absolute Gasteiger partial charge is 0.255 e. The van der Waals surface area contributed by atoms with Gasteiger partial charge in [-0.15, -0.1) is 0 Å². The van der Waals surface area contributed by atoms with Crippen molar-refractivity contribution in [2.45, 2.75) is 13.1 Å². The minimum atomic E-state index is -0.114. The first kappa shape index (κ1) is 20.4. The van der Waals surface area contributed by atoms with Gasteiger partial charge in [0.05, 0.1) is 14.2 Å². The summed E-state index contributed by atoms with van der Waals surface area (Å²) < 4.78 is 10.9. The molecule has 0 aliphatic rings. The van der Waals surface area contributed by atoms with Crippen LogP contribution in [0.15, 0.2) is 72.8 Å². The molecular weight excluding hydrogens is 364 g/mol. The third kappa shape index (κ3) is 5.36. The predicted molar refractivity (Wildman–Crippen MR) is 116 cm³/mol. The minimum absolute atomic E-state index is 0.114. The minimum Gasteiger partial charge on any atom is -0.493 e. The number of ether oxygens (including phenoxy) is 2. The molecule has 0 bridgehead atoms. The molecule has 1 amide bonds. The summed E-state index contributed by atoms with van der Waals surface area (Å²) in [6.45, 7) is 1.47. The lowest BCUT2D eigenvalue weighted by Gasteiger charge is -2.19. The van der Waals surface area contributed by atoms with Crippen LogP contribution < -0.4 is 14.8 Å². The quantitative estimate of drug-likeness (QED) is 0.611. The van der Waals surface area contributed by atoms with Crippen molar-refractivity contribution in [1.82, 2.24) is 4.90 Å². The summed E-state index contributed by atoms with van der Waals surface area (Å²) >= 11 is 0. The van der Waals surface area contributed by atoms with Gasteiger partial charge in [0.25, 0.3) is 5.91 Å². The Morgan fingerprint density at radius 2 is 1.59 bits per heavy atom. The highest BCUT2D eigenvalue weighted by Gasteiger charge is 2.12. The SMILES string of the molecule is COc1cccc(CN(C)Cc2ccc(C(=O)Nc3ccccc3)cc2)c1OC. The van der Waals surface area contributed by atoms with Crippen LogP contribution in [0.4, 0.5) is 5.69 Å². The molecule has 0 saturated carbocycles. The molecule has 0 radical (unpaired) electrons. The predicted octanol–water partition coefficient (Wildman–Crippen LogP) is 4.59. The third-order valence-electron chi connectivity index (χ3n) is 4.63. The van der Waals surface area contributed by atoms with Crippen LogP contribution >= 0.6 is 0 Å². The van der Waals surface area contributed by atoms with Crippen molar-refractivity contribution in [3.63, 3.8) is 0 Å². The Morgan fingerprint density at radius 3 is 2.24 bits per heavy atom. The van der Waals surface area contributed by atoms with Crippen molar-refractivity contribution in [1.29, 1.82) is 0 Å². The lowest BCUT2D eigenvalue weighted by molar-refractivity contribution is 0.102. The average Bonchev–Trinajstić information content (AvgIpc) is 2.74. The Balaban J connectivity index is 1.62. The number of carbonyl (C=O) groups excluding carboxylic acids is 1. The maximum atomic E-state index is 12.4. The van der Waals surface area contributed by atoms with Gasteiger partial charge in [-0.25, -0.2) is 0 Å². The van der Waals surface area contributed by atoms with Gasteiger partial charge in [-0.05, 0) is 42.9 Å². The molecule has 0 spiro atoms. The van der Waals surface area contributed by atoms with Gasteiger partial charge in [0, 0.05) is 29.9 Å². The summed E-state index contributed by atoms with van der Waals surface area (Å²) in [5, 5.41) is 2.90. The van der Waals surface area contributed by atoms with Gasteiger partial charge < -0.3 is 14.8 Å². The second kappa shape index (κ2) is 9.75. The summed E-state index contributed by atoms with van der Waals surface area (Å²) in [6, 6.07) is 23.0. The first-order valence-corrected chi connectivity index (χ1v) is 9.44. The van der Waals surface area contributed by atoms with E-state index in [9.17, 15) is 4.79 Å². The largest absolute Gasteiger partial charge is 0.493 e. The zero-order valence-corrected chi connectivity index (χ0v) is 17.0. The van der Waals surface area contributed by atoms with Crippen LogP contribution in [0.25, 0.3) is 0 Å². The van der Waals surface area contributed by atoms with E-state index in [0.717, 1.165) is 41.4 Å². The average molecular weight is 390 g/mol. The fourth-order valence-corrected chi connectivity index (χ4v) is 3.22.